The summed E-state index contributed by atoms with van der Waals surface area (Å²) >= 11 is 0. The van der Waals surface area contributed by atoms with Gasteiger partial charge in [-0.05, 0) is 24.8 Å². The molecule has 0 bridgehead atoms. The molecule has 0 amide bonds. The van der Waals surface area contributed by atoms with E-state index in [0.29, 0.717) is 19.3 Å². The number of ether oxygens (including phenoxy) is 2. The molecule has 3 rings (SSSR count). The normalized spacial score (nSPS) is 24.9. The molecule has 1 N–H and O–H groups in total. The van der Waals surface area contributed by atoms with Crippen molar-refractivity contribution in [1.29, 1.82) is 0 Å². The van der Waals surface area contributed by atoms with Crippen molar-refractivity contribution in [1.82, 2.24) is 5.32 Å². The monoisotopic (exact) mass is 247 g/mol. The van der Waals surface area contributed by atoms with Crippen LogP contribution in [0.2, 0.25) is 0 Å². The van der Waals surface area contributed by atoms with Crippen LogP contribution in [0.4, 0.5) is 0 Å². The second-order valence-corrected chi connectivity index (χ2v) is 5.21. The van der Waals surface area contributed by atoms with Gasteiger partial charge in [-0.2, -0.15) is 0 Å². The molecule has 98 valence electrons. The molecule has 3 heteroatoms. The van der Waals surface area contributed by atoms with Crippen molar-refractivity contribution in [3.8, 4) is 11.5 Å². The van der Waals surface area contributed by atoms with Crippen LogP contribution >= 0.6 is 0 Å². The average Bonchev–Trinajstić information content (AvgIpc) is 3.15. The topological polar surface area (TPSA) is 30.5 Å². The van der Waals surface area contributed by atoms with Gasteiger partial charge in [0, 0.05) is 18.2 Å². The van der Waals surface area contributed by atoms with Gasteiger partial charge in [0.25, 0.3) is 0 Å². The Labute approximate surface area is 108 Å². The number of rotatable bonds is 5. The second kappa shape index (κ2) is 5.19. The van der Waals surface area contributed by atoms with Crippen LogP contribution in [-0.2, 0) is 6.54 Å². The summed E-state index contributed by atoms with van der Waals surface area (Å²) in [6.07, 6.45) is 3.98. The zero-order chi connectivity index (χ0) is 12.4. The van der Waals surface area contributed by atoms with E-state index in [0.717, 1.165) is 24.0 Å². The molecule has 3 nitrogen and oxygen atoms in total. The molecular weight excluding hydrogens is 226 g/mol. The summed E-state index contributed by atoms with van der Waals surface area (Å²) < 4.78 is 11.3. The quantitative estimate of drug-likeness (QED) is 0.868. The van der Waals surface area contributed by atoms with E-state index in [1.807, 2.05) is 12.1 Å². The summed E-state index contributed by atoms with van der Waals surface area (Å²) in [5, 5.41) is 3.62. The highest BCUT2D eigenvalue weighted by Crippen LogP contribution is 2.37. The van der Waals surface area contributed by atoms with E-state index in [-0.39, 0.29) is 0 Å². The van der Waals surface area contributed by atoms with E-state index >= 15 is 0 Å². The summed E-state index contributed by atoms with van der Waals surface area (Å²) in [6, 6.07) is 6.86. The number of hydrogen-bond donors (Lipinski definition) is 1. The lowest BCUT2D eigenvalue weighted by Gasteiger charge is -2.21. The first kappa shape index (κ1) is 11.8. The third-order valence-electron chi connectivity index (χ3n) is 3.78. The molecule has 0 spiro atoms. The summed E-state index contributed by atoms with van der Waals surface area (Å²) in [6.45, 7) is 4.46. The van der Waals surface area contributed by atoms with E-state index in [9.17, 15) is 0 Å². The fourth-order valence-corrected chi connectivity index (χ4v) is 2.70. The maximum Gasteiger partial charge on any atom is 0.165 e. The lowest BCUT2D eigenvalue weighted by molar-refractivity contribution is 0.169. The molecule has 1 aliphatic carbocycles. The molecule has 1 aromatic rings. The molecule has 0 radical (unpaired) electrons. The zero-order valence-electron chi connectivity index (χ0n) is 10.9. The minimum Gasteiger partial charge on any atom is -0.486 e. The molecule has 0 saturated heterocycles. The molecule has 1 heterocycles. The van der Waals surface area contributed by atoms with Crippen LogP contribution in [0.1, 0.15) is 31.7 Å². The van der Waals surface area contributed by atoms with Gasteiger partial charge in [-0.3, -0.25) is 0 Å². The number of fused-ring (bicyclic) bond motifs is 1. The van der Waals surface area contributed by atoms with Crippen molar-refractivity contribution >= 4 is 0 Å². The Hall–Kier alpha value is -1.22. The molecule has 2 unspecified atom stereocenters. The first-order valence-corrected chi connectivity index (χ1v) is 6.99. The van der Waals surface area contributed by atoms with Crippen molar-refractivity contribution < 1.29 is 9.47 Å². The molecule has 18 heavy (non-hydrogen) atoms. The van der Waals surface area contributed by atoms with Gasteiger partial charge in [0.1, 0.15) is 13.2 Å². The van der Waals surface area contributed by atoms with E-state index in [1.54, 1.807) is 0 Å². The Kier molecular flexibility index (Phi) is 3.41. The molecule has 1 saturated carbocycles. The summed E-state index contributed by atoms with van der Waals surface area (Å²) in [4.78, 5) is 0. The average molecular weight is 247 g/mol. The van der Waals surface area contributed by atoms with Crippen molar-refractivity contribution in [2.24, 2.45) is 5.92 Å². The zero-order valence-corrected chi connectivity index (χ0v) is 10.9. The Bertz CT molecular complexity index is 419. The van der Waals surface area contributed by atoms with Crippen LogP contribution < -0.4 is 14.8 Å². The Morgan fingerprint density at radius 1 is 1.28 bits per heavy atom. The van der Waals surface area contributed by atoms with Crippen molar-refractivity contribution in [3.05, 3.63) is 23.8 Å². The summed E-state index contributed by atoms with van der Waals surface area (Å²) in [5.41, 5.74) is 1.22. The standard InChI is InChI=1S/C15H21NO2/c1-2-4-11-9-13(11)16-10-12-5-3-6-14-15(12)18-8-7-17-14/h3,5-6,11,13,16H,2,4,7-10H2,1H3. The lowest BCUT2D eigenvalue weighted by atomic mass is 10.1. The Morgan fingerprint density at radius 3 is 3.06 bits per heavy atom. The third-order valence-corrected chi connectivity index (χ3v) is 3.78. The molecule has 0 aromatic heterocycles. The molecule has 2 atom stereocenters. The van der Waals surface area contributed by atoms with Gasteiger partial charge in [-0.1, -0.05) is 25.5 Å². The fraction of sp³-hybridized carbons (Fsp3) is 0.600. The van der Waals surface area contributed by atoms with Crippen LogP contribution in [0.5, 0.6) is 11.5 Å². The first-order valence-electron chi connectivity index (χ1n) is 6.99. The van der Waals surface area contributed by atoms with Crippen LogP contribution in [-0.4, -0.2) is 19.3 Å². The van der Waals surface area contributed by atoms with Crippen molar-refractivity contribution in [3.63, 3.8) is 0 Å². The maximum atomic E-state index is 5.72. The van der Waals surface area contributed by atoms with Gasteiger partial charge >= 0.3 is 0 Å². The second-order valence-electron chi connectivity index (χ2n) is 5.21. The fourth-order valence-electron chi connectivity index (χ4n) is 2.70. The molecule has 1 aliphatic heterocycles. The smallest absolute Gasteiger partial charge is 0.165 e. The molecule has 1 fully saturated rings. The highest BCUT2D eigenvalue weighted by Gasteiger charge is 2.35. The van der Waals surface area contributed by atoms with Crippen molar-refractivity contribution in [2.45, 2.75) is 38.8 Å². The largest absolute Gasteiger partial charge is 0.486 e. The molecule has 1 aromatic carbocycles. The van der Waals surface area contributed by atoms with E-state index in [4.69, 9.17) is 9.47 Å². The predicted octanol–water partition coefficient (Wildman–Crippen LogP) is 2.74. The first-order chi connectivity index (χ1) is 8.88. The lowest BCUT2D eigenvalue weighted by Crippen LogP contribution is -2.21. The predicted molar refractivity (Wildman–Crippen MR) is 71.1 cm³/mol. The summed E-state index contributed by atoms with van der Waals surface area (Å²) in [5.74, 6) is 2.72. The Balaban J connectivity index is 1.60. The van der Waals surface area contributed by atoms with Gasteiger partial charge in [0.15, 0.2) is 11.5 Å². The van der Waals surface area contributed by atoms with Crippen LogP contribution in [0.3, 0.4) is 0 Å². The van der Waals surface area contributed by atoms with Gasteiger partial charge in [0.05, 0.1) is 0 Å². The van der Waals surface area contributed by atoms with Gasteiger partial charge < -0.3 is 14.8 Å². The maximum absolute atomic E-state index is 5.72. The van der Waals surface area contributed by atoms with E-state index in [2.05, 4.69) is 18.3 Å². The minimum atomic E-state index is 0.658. The van der Waals surface area contributed by atoms with Gasteiger partial charge in [-0.15, -0.1) is 0 Å². The number of hydrogen-bond acceptors (Lipinski definition) is 3. The third kappa shape index (κ3) is 2.46. The highest BCUT2D eigenvalue weighted by molar-refractivity contribution is 5.47. The van der Waals surface area contributed by atoms with Crippen LogP contribution in [0.15, 0.2) is 18.2 Å². The minimum absolute atomic E-state index is 0.658. The number of nitrogens with one attached hydrogen (secondary N) is 1. The number of benzene rings is 1. The van der Waals surface area contributed by atoms with E-state index < -0.39 is 0 Å². The SMILES string of the molecule is CCCC1CC1NCc1cccc2c1OCCO2. The highest BCUT2D eigenvalue weighted by atomic mass is 16.6. The van der Waals surface area contributed by atoms with Gasteiger partial charge in [0.2, 0.25) is 0 Å². The van der Waals surface area contributed by atoms with Crippen LogP contribution in [0.25, 0.3) is 0 Å². The summed E-state index contributed by atoms with van der Waals surface area (Å²) in [7, 11) is 0. The van der Waals surface area contributed by atoms with Gasteiger partial charge in [-0.25, -0.2) is 0 Å². The molecule has 2 aliphatic rings. The van der Waals surface area contributed by atoms with E-state index in [1.165, 1.54) is 24.8 Å². The van der Waals surface area contributed by atoms with Crippen LogP contribution in [0, 0.1) is 5.92 Å². The number of para-hydroxylation sites is 1. The molecular formula is C15H21NO2. The Morgan fingerprint density at radius 2 is 2.17 bits per heavy atom. The van der Waals surface area contributed by atoms with Crippen molar-refractivity contribution in [2.75, 3.05) is 13.2 Å².